The van der Waals surface area contributed by atoms with Crippen LogP contribution in [0.4, 0.5) is 11.4 Å². The molecule has 5 nitrogen and oxygen atoms in total. The Morgan fingerprint density at radius 2 is 2.05 bits per heavy atom. The van der Waals surface area contributed by atoms with Crippen LogP contribution in [0.1, 0.15) is 13.8 Å². The minimum Gasteiger partial charge on any atom is -0.397 e. The number of nitrogens with two attached hydrogens (primary N) is 1. The normalized spacial score (nSPS) is 19.4. The second kappa shape index (κ2) is 4.68. The standard InChI is InChI=1S/C13H20N2O3S/c1-13(2)9-15(6-7-18-13)12-5-4-10(8-11(12)14)19(3,16)17/h4-5,8H,6-7,9,14H2,1-3H3. The minimum absolute atomic E-state index is 0.222. The average Bonchev–Trinajstić information content (AvgIpc) is 2.26. The zero-order chi connectivity index (χ0) is 14.3. The monoisotopic (exact) mass is 284 g/mol. The van der Waals surface area contributed by atoms with Crippen LogP contribution in [0.15, 0.2) is 23.1 Å². The van der Waals surface area contributed by atoms with Crippen LogP contribution < -0.4 is 10.6 Å². The predicted octanol–water partition coefficient (Wildman–Crippen LogP) is 1.29. The predicted molar refractivity (Wildman–Crippen MR) is 76.2 cm³/mol. The van der Waals surface area contributed by atoms with Crippen LogP contribution in [0.5, 0.6) is 0 Å². The van der Waals surface area contributed by atoms with E-state index >= 15 is 0 Å². The second-order valence-corrected chi connectivity index (χ2v) is 7.54. The van der Waals surface area contributed by atoms with Crippen LogP contribution in [0, 0.1) is 0 Å². The van der Waals surface area contributed by atoms with Gasteiger partial charge >= 0.3 is 0 Å². The topological polar surface area (TPSA) is 72.6 Å². The molecule has 106 valence electrons. The summed E-state index contributed by atoms with van der Waals surface area (Å²) in [6, 6.07) is 4.89. The first-order valence-electron chi connectivity index (χ1n) is 6.17. The van der Waals surface area contributed by atoms with Crippen LogP contribution in [0.25, 0.3) is 0 Å². The highest BCUT2D eigenvalue weighted by atomic mass is 32.2. The molecule has 2 N–H and O–H groups in total. The third-order valence-electron chi connectivity index (χ3n) is 3.19. The van der Waals surface area contributed by atoms with Crippen molar-refractivity contribution in [3.8, 4) is 0 Å². The average molecular weight is 284 g/mol. The molecule has 0 bridgehead atoms. The first-order valence-corrected chi connectivity index (χ1v) is 8.07. The number of rotatable bonds is 2. The summed E-state index contributed by atoms with van der Waals surface area (Å²) in [5.74, 6) is 0. The highest BCUT2D eigenvalue weighted by Crippen LogP contribution is 2.29. The van der Waals surface area contributed by atoms with E-state index in [1.54, 1.807) is 12.1 Å². The Balaban J connectivity index is 2.31. The van der Waals surface area contributed by atoms with Crippen molar-refractivity contribution in [3.63, 3.8) is 0 Å². The molecule has 19 heavy (non-hydrogen) atoms. The van der Waals surface area contributed by atoms with Gasteiger partial charge in [0.1, 0.15) is 0 Å². The van der Waals surface area contributed by atoms with Crippen molar-refractivity contribution in [2.45, 2.75) is 24.3 Å². The van der Waals surface area contributed by atoms with Gasteiger partial charge in [0.25, 0.3) is 0 Å². The fourth-order valence-electron chi connectivity index (χ4n) is 2.27. The molecule has 0 atom stereocenters. The van der Waals surface area contributed by atoms with Gasteiger partial charge in [0.2, 0.25) is 0 Å². The van der Waals surface area contributed by atoms with E-state index < -0.39 is 9.84 Å². The van der Waals surface area contributed by atoms with Crippen molar-refractivity contribution >= 4 is 21.2 Å². The Bertz CT molecular complexity index is 582. The van der Waals surface area contributed by atoms with Crippen molar-refractivity contribution in [1.82, 2.24) is 0 Å². The molecule has 1 aromatic carbocycles. The summed E-state index contributed by atoms with van der Waals surface area (Å²) in [5.41, 5.74) is 7.12. The Kier molecular flexibility index (Phi) is 3.49. The number of anilines is 2. The van der Waals surface area contributed by atoms with Crippen molar-refractivity contribution in [2.24, 2.45) is 0 Å². The number of hydrogen-bond donors (Lipinski definition) is 1. The summed E-state index contributed by atoms with van der Waals surface area (Å²) in [6.07, 6.45) is 1.18. The molecule has 1 aromatic rings. The quantitative estimate of drug-likeness (QED) is 0.828. The summed E-state index contributed by atoms with van der Waals surface area (Å²) in [6.45, 7) is 6.18. The van der Waals surface area contributed by atoms with Crippen molar-refractivity contribution in [1.29, 1.82) is 0 Å². The molecule has 0 radical (unpaired) electrons. The van der Waals surface area contributed by atoms with Gasteiger partial charge in [-0.05, 0) is 32.0 Å². The SMILES string of the molecule is CC1(C)CN(c2ccc(S(C)(=O)=O)cc2N)CCO1. The van der Waals surface area contributed by atoms with E-state index in [0.29, 0.717) is 12.3 Å². The van der Waals surface area contributed by atoms with Gasteiger partial charge in [-0.15, -0.1) is 0 Å². The fraction of sp³-hybridized carbons (Fsp3) is 0.538. The van der Waals surface area contributed by atoms with E-state index in [1.807, 2.05) is 13.8 Å². The summed E-state index contributed by atoms with van der Waals surface area (Å²) >= 11 is 0. The fourth-order valence-corrected chi connectivity index (χ4v) is 2.93. The summed E-state index contributed by atoms with van der Waals surface area (Å²) in [4.78, 5) is 2.38. The number of nitrogens with zero attached hydrogens (tertiary/aromatic N) is 1. The number of sulfone groups is 1. The Hall–Kier alpha value is -1.27. The van der Waals surface area contributed by atoms with Gasteiger partial charge in [0.15, 0.2) is 9.84 Å². The molecule has 0 aromatic heterocycles. The van der Waals surface area contributed by atoms with Gasteiger partial charge in [0, 0.05) is 19.3 Å². The summed E-state index contributed by atoms with van der Waals surface area (Å²) < 4.78 is 28.6. The number of morpholine rings is 1. The largest absolute Gasteiger partial charge is 0.397 e. The maximum atomic E-state index is 11.5. The van der Waals surface area contributed by atoms with Gasteiger partial charge in [-0.25, -0.2) is 8.42 Å². The van der Waals surface area contributed by atoms with E-state index in [4.69, 9.17) is 10.5 Å². The lowest BCUT2D eigenvalue weighted by atomic mass is 10.1. The molecule has 1 aliphatic heterocycles. The highest BCUT2D eigenvalue weighted by Gasteiger charge is 2.28. The molecule has 0 amide bonds. The first kappa shape index (κ1) is 14.1. The van der Waals surface area contributed by atoms with E-state index in [9.17, 15) is 8.42 Å². The Morgan fingerprint density at radius 3 is 2.58 bits per heavy atom. The van der Waals surface area contributed by atoms with Crippen molar-refractivity contribution in [3.05, 3.63) is 18.2 Å². The van der Waals surface area contributed by atoms with Crippen LogP contribution >= 0.6 is 0 Å². The second-order valence-electron chi connectivity index (χ2n) is 5.52. The van der Waals surface area contributed by atoms with Crippen molar-refractivity contribution < 1.29 is 13.2 Å². The zero-order valence-electron chi connectivity index (χ0n) is 11.5. The van der Waals surface area contributed by atoms with Gasteiger partial charge in [-0.3, -0.25) is 0 Å². The molecule has 6 heteroatoms. The van der Waals surface area contributed by atoms with Gasteiger partial charge in [-0.2, -0.15) is 0 Å². The van der Waals surface area contributed by atoms with Crippen molar-refractivity contribution in [2.75, 3.05) is 36.6 Å². The molecule has 1 fully saturated rings. The molecule has 0 spiro atoms. The number of nitrogen functional groups attached to an aromatic ring is 1. The highest BCUT2D eigenvalue weighted by molar-refractivity contribution is 7.90. The maximum Gasteiger partial charge on any atom is 0.175 e. The third kappa shape index (κ3) is 3.19. The van der Waals surface area contributed by atoms with Crippen LogP contribution in [0.3, 0.4) is 0 Å². The summed E-state index contributed by atoms with van der Waals surface area (Å²) in [7, 11) is -3.22. The van der Waals surface area contributed by atoms with E-state index in [1.165, 1.54) is 12.3 Å². The Morgan fingerprint density at radius 1 is 1.37 bits per heavy atom. The molecule has 2 rings (SSSR count). The third-order valence-corrected chi connectivity index (χ3v) is 4.30. The van der Waals surface area contributed by atoms with Gasteiger partial charge in [0.05, 0.1) is 28.5 Å². The van der Waals surface area contributed by atoms with Gasteiger partial charge < -0.3 is 15.4 Å². The maximum absolute atomic E-state index is 11.5. The molecule has 0 unspecified atom stereocenters. The first-order chi connectivity index (χ1) is 8.69. The van der Waals surface area contributed by atoms with Crippen LogP contribution in [0.2, 0.25) is 0 Å². The van der Waals surface area contributed by atoms with Gasteiger partial charge in [-0.1, -0.05) is 0 Å². The number of ether oxygens (including phenoxy) is 1. The molecule has 1 aliphatic rings. The smallest absolute Gasteiger partial charge is 0.175 e. The van der Waals surface area contributed by atoms with Crippen LogP contribution in [-0.2, 0) is 14.6 Å². The molecule has 1 heterocycles. The lowest BCUT2D eigenvalue weighted by Crippen LogP contribution is -2.48. The molecular formula is C13H20N2O3S. The number of hydrogen-bond acceptors (Lipinski definition) is 5. The zero-order valence-corrected chi connectivity index (χ0v) is 12.3. The lowest BCUT2D eigenvalue weighted by Gasteiger charge is -2.39. The molecule has 0 saturated carbocycles. The molecule has 1 saturated heterocycles. The lowest BCUT2D eigenvalue weighted by molar-refractivity contribution is -0.0276. The van der Waals surface area contributed by atoms with E-state index in [2.05, 4.69) is 4.90 Å². The van der Waals surface area contributed by atoms with E-state index in [-0.39, 0.29) is 10.5 Å². The Labute approximate surface area is 114 Å². The number of benzene rings is 1. The molecular weight excluding hydrogens is 264 g/mol. The van der Waals surface area contributed by atoms with E-state index in [0.717, 1.165) is 18.8 Å². The molecule has 0 aliphatic carbocycles. The summed E-state index contributed by atoms with van der Waals surface area (Å²) in [5, 5.41) is 0. The van der Waals surface area contributed by atoms with Crippen LogP contribution in [-0.4, -0.2) is 40.0 Å². The minimum atomic E-state index is -3.22.